The lowest BCUT2D eigenvalue weighted by molar-refractivity contribution is 0.0751. The summed E-state index contributed by atoms with van der Waals surface area (Å²) in [5.41, 5.74) is 3.85. The van der Waals surface area contributed by atoms with Gasteiger partial charge in [-0.2, -0.15) is 0 Å². The number of nitrogens with zero attached hydrogens (tertiary/aromatic N) is 1. The second kappa shape index (κ2) is 3.61. The number of aromatic nitrogens is 1. The zero-order valence-corrected chi connectivity index (χ0v) is 9.34. The number of anilines is 1. The minimum absolute atomic E-state index is 0.00870. The van der Waals surface area contributed by atoms with Gasteiger partial charge < -0.3 is 10.8 Å². The third-order valence-electron chi connectivity index (χ3n) is 2.18. The fourth-order valence-electron chi connectivity index (χ4n) is 1.48. The summed E-state index contributed by atoms with van der Waals surface area (Å²) in [7, 11) is 0. The lowest BCUT2D eigenvalue weighted by Crippen LogP contribution is -2.19. The van der Waals surface area contributed by atoms with Crippen LogP contribution >= 0.6 is 11.6 Å². The largest absolute Gasteiger partial charge is 0.397 e. The molecule has 1 aromatic carbocycles. The Morgan fingerprint density at radius 2 is 2.38 bits per heavy atom. The van der Waals surface area contributed by atoms with Gasteiger partial charge in [-0.05, 0) is 38.0 Å². The third-order valence-corrected chi connectivity index (χ3v) is 2.40. The van der Waals surface area contributed by atoms with Gasteiger partial charge in [0.1, 0.15) is 5.60 Å². The average Bonchev–Trinajstić information content (AvgIpc) is 2.32. The molecule has 0 saturated carbocycles. The maximum Gasteiger partial charge on any atom is 0.103 e. The molecular weight excluding hydrogens is 224 g/mol. The Balaban J connectivity index is 2.75. The van der Waals surface area contributed by atoms with Gasteiger partial charge in [0.25, 0.3) is 0 Å². The first-order chi connectivity index (χ1) is 9.05. The smallest absolute Gasteiger partial charge is 0.103 e. The van der Waals surface area contributed by atoms with Crippen molar-refractivity contribution in [1.82, 2.24) is 4.98 Å². The maximum atomic E-state index is 10.2. The van der Waals surface area contributed by atoms with Crippen LogP contribution in [0, 0.1) is 0 Å². The molecule has 2 rings (SSSR count). The number of halogens is 1. The van der Waals surface area contributed by atoms with Gasteiger partial charge in [0.2, 0.25) is 0 Å². The second-order valence-electron chi connectivity index (χ2n) is 3.74. The highest BCUT2D eigenvalue weighted by Crippen LogP contribution is 2.28. The summed E-state index contributed by atoms with van der Waals surface area (Å²) in [6, 6.07) is 4.51. The second-order valence-corrected chi connectivity index (χ2v) is 4.14. The molecule has 2 aromatic rings. The van der Waals surface area contributed by atoms with E-state index in [4.69, 9.17) is 22.8 Å². The topological polar surface area (TPSA) is 59.1 Å². The molecule has 1 unspecified atom stereocenters. The number of benzene rings is 1. The monoisotopic (exact) mass is 240 g/mol. The summed E-state index contributed by atoms with van der Waals surface area (Å²) in [6.07, 6.45) is 0. The van der Waals surface area contributed by atoms with Gasteiger partial charge in [-0.25, -0.2) is 4.98 Å². The minimum atomic E-state index is -2.67. The van der Waals surface area contributed by atoms with Crippen molar-refractivity contribution in [2.24, 2.45) is 0 Å². The molecule has 16 heavy (non-hydrogen) atoms. The molecule has 0 radical (unpaired) electrons. The summed E-state index contributed by atoms with van der Waals surface area (Å²) in [5, 5.41) is 10.9. The van der Waals surface area contributed by atoms with E-state index in [0.29, 0.717) is 10.9 Å². The number of hydrogen-bond donors (Lipinski definition) is 2. The van der Waals surface area contributed by atoms with Crippen LogP contribution in [0.5, 0.6) is 0 Å². The number of hydrogen-bond acceptors (Lipinski definition) is 3. The number of aliphatic hydroxyl groups is 1. The molecule has 84 valence electrons. The molecule has 0 spiro atoms. The van der Waals surface area contributed by atoms with Gasteiger partial charge in [0.15, 0.2) is 0 Å². The quantitative estimate of drug-likeness (QED) is 0.806. The molecule has 3 nitrogen and oxygen atoms in total. The first-order valence-corrected chi connectivity index (χ1v) is 5.01. The van der Waals surface area contributed by atoms with Crippen molar-refractivity contribution in [1.29, 1.82) is 0 Å². The first kappa shape index (κ1) is 7.09. The van der Waals surface area contributed by atoms with Crippen LogP contribution in [-0.4, -0.2) is 10.1 Å². The third kappa shape index (κ3) is 1.96. The van der Waals surface area contributed by atoms with E-state index in [9.17, 15) is 5.11 Å². The average molecular weight is 241 g/mol. The van der Waals surface area contributed by atoms with Gasteiger partial charge >= 0.3 is 0 Å². The molecular formula is C12H13ClN2O. The Kier molecular flexibility index (Phi) is 1.60. The number of fused-ring (bicyclic) bond motifs is 1. The number of nitrogen functional groups attached to an aromatic ring is 1. The van der Waals surface area contributed by atoms with Crippen LogP contribution in [0.1, 0.15) is 25.0 Å². The minimum Gasteiger partial charge on any atom is -0.397 e. The van der Waals surface area contributed by atoms with E-state index < -0.39 is 12.5 Å². The molecule has 0 aliphatic rings. The molecule has 0 amide bonds. The van der Waals surface area contributed by atoms with E-state index in [1.807, 2.05) is 0 Å². The van der Waals surface area contributed by atoms with Crippen molar-refractivity contribution in [2.45, 2.75) is 19.4 Å². The SMILES string of the molecule is [2H]c1c(Cl)ccc2nc(C(C)(O)C([2H])([2H])[2H])c(N)cc12. The number of rotatable bonds is 1. The predicted octanol–water partition coefficient (Wildman–Crippen LogP) is 2.70. The lowest BCUT2D eigenvalue weighted by atomic mass is 10.0. The van der Waals surface area contributed by atoms with Gasteiger partial charge in [-0.3, -0.25) is 0 Å². The summed E-state index contributed by atoms with van der Waals surface area (Å²) in [4.78, 5) is 4.10. The van der Waals surface area contributed by atoms with Gasteiger partial charge in [0.05, 0.1) is 18.3 Å². The molecule has 1 heterocycles. The van der Waals surface area contributed by atoms with E-state index in [1.54, 1.807) is 6.07 Å². The van der Waals surface area contributed by atoms with E-state index in [-0.39, 0.29) is 22.4 Å². The van der Waals surface area contributed by atoms with Crippen LogP contribution in [0.2, 0.25) is 5.02 Å². The Morgan fingerprint density at radius 1 is 1.62 bits per heavy atom. The standard InChI is InChI=1S/C12H13ClN2O/c1-12(2,16)11-9(14)6-7-5-8(13)3-4-10(7)15-11/h3-6,16H,14H2,1-2H3/i1D3,5D. The molecule has 3 N–H and O–H groups in total. The van der Waals surface area contributed by atoms with Crippen molar-refractivity contribution >= 4 is 28.2 Å². The van der Waals surface area contributed by atoms with Crippen LogP contribution in [0.15, 0.2) is 24.2 Å². The van der Waals surface area contributed by atoms with Crippen LogP contribution in [0.3, 0.4) is 0 Å². The highest BCUT2D eigenvalue weighted by molar-refractivity contribution is 6.31. The Bertz CT molecular complexity index is 685. The molecule has 0 saturated heterocycles. The fraction of sp³-hybridized carbons (Fsp3) is 0.250. The molecule has 0 fully saturated rings. The summed E-state index contributed by atoms with van der Waals surface area (Å²) in [6.45, 7) is -1.53. The Hall–Kier alpha value is -1.32. The van der Waals surface area contributed by atoms with E-state index in [2.05, 4.69) is 4.98 Å². The number of pyridine rings is 1. The van der Waals surface area contributed by atoms with Crippen LogP contribution in [0.25, 0.3) is 10.9 Å². The van der Waals surface area contributed by atoms with Crippen molar-refractivity contribution in [3.05, 3.63) is 35.0 Å². The number of nitrogens with two attached hydrogens (primary N) is 1. The van der Waals surface area contributed by atoms with Crippen molar-refractivity contribution in [3.63, 3.8) is 0 Å². The van der Waals surface area contributed by atoms with Crippen LogP contribution in [-0.2, 0) is 5.60 Å². The summed E-state index contributed by atoms with van der Waals surface area (Å²) in [5.74, 6) is 0. The normalized spacial score (nSPS) is 19.4. The van der Waals surface area contributed by atoms with E-state index >= 15 is 0 Å². The Labute approximate surface area is 104 Å². The Morgan fingerprint density at radius 3 is 3.06 bits per heavy atom. The van der Waals surface area contributed by atoms with Gasteiger partial charge in [-0.15, -0.1) is 0 Å². The van der Waals surface area contributed by atoms with E-state index in [0.717, 1.165) is 6.92 Å². The van der Waals surface area contributed by atoms with Gasteiger partial charge in [-0.1, -0.05) is 11.6 Å². The predicted molar refractivity (Wildman–Crippen MR) is 66.4 cm³/mol. The summed E-state index contributed by atoms with van der Waals surface area (Å²) >= 11 is 5.85. The maximum absolute atomic E-state index is 10.2. The van der Waals surface area contributed by atoms with E-state index in [1.165, 1.54) is 12.1 Å². The highest BCUT2D eigenvalue weighted by Gasteiger charge is 2.21. The zero-order valence-electron chi connectivity index (χ0n) is 12.6. The molecule has 0 aliphatic heterocycles. The molecule has 1 atom stereocenters. The molecule has 0 aliphatic carbocycles. The first-order valence-electron chi connectivity index (χ1n) is 6.64. The molecule has 4 heteroatoms. The van der Waals surface area contributed by atoms with Crippen molar-refractivity contribution in [3.8, 4) is 0 Å². The van der Waals surface area contributed by atoms with Crippen molar-refractivity contribution in [2.75, 3.05) is 5.73 Å². The zero-order chi connectivity index (χ0) is 15.3. The van der Waals surface area contributed by atoms with Gasteiger partial charge in [0, 0.05) is 14.5 Å². The molecule has 0 bridgehead atoms. The lowest BCUT2D eigenvalue weighted by Gasteiger charge is -2.19. The highest BCUT2D eigenvalue weighted by atomic mass is 35.5. The van der Waals surface area contributed by atoms with Crippen LogP contribution in [0.4, 0.5) is 5.69 Å². The molecule has 1 aromatic heterocycles. The summed E-state index contributed by atoms with van der Waals surface area (Å²) < 4.78 is 30.0. The fourth-order valence-corrected chi connectivity index (χ4v) is 1.65. The van der Waals surface area contributed by atoms with Crippen LogP contribution < -0.4 is 5.73 Å². The van der Waals surface area contributed by atoms with Crippen molar-refractivity contribution < 1.29 is 10.6 Å².